The number of aromatic nitrogens is 2. The van der Waals surface area contributed by atoms with Gasteiger partial charge in [-0.1, -0.05) is 136 Å². The number of unbranched alkanes of at least 4 members (excludes halogenated alkanes) is 11. The number of fused-ring (bicyclic) bond motifs is 3. The highest BCUT2D eigenvalue weighted by Gasteiger charge is 2.45. The van der Waals surface area contributed by atoms with E-state index in [1.54, 1.807) is 0 Å². The van der Waals surface area contributed by atoms with Crippen LogP contribution in [0.25, 0.3) is 0 Å². The standard InChI is InChI=1S/C48H85N3O18P2/c1-4-5-16-22-35(52)26-27-37-39(53)30-40(54)38-23-18-14-15-19-24-43(55)64-31-36(67-44(56)25-20-13-11-9-7-6-8-10-12-17-21-34(2)3)32-65-70(60,61)69-71(62,63)66-33-41(46(58)45(37)57)68-47(38)51-29-28-42(49)50-48(51)59/h26-29,34-41,45-47,52-54,57-58H,4-25,30-33H2,1-3H3,(H,60,61)(H,62,63)(H2,49,50,59)/b27-26+/t35-,36+,37-,38-,39+,40-,41+,45-,46+,47+/m0/s1. The number of nitrogen functional groups attached to an aromatic ring is 1. The van der Waals surface area contributed by atoms with Crippen molar-refractivity contribution in [3.05, 3.63) is 34.9 Å². The first kappa shape index (κ1) is 62.7. The summed E-state index contributed by atoms with van der Waals surface area (Å²) in [5.74, 6) is -3.26. The summed E-state index contributed by atoms with van der Waals surface area (Å²) in [5, 5.41) is 57.5. The van der Waals surface area contributed by atoms with Gasteiger partial charge in [-0.3, -0.25) is 23.2 Å². The van der Waals surface area contributed by atoms with Crippen molar-refractivity contribution < 1.29 is 81.6 Å². The van der Waals surface area contributed by atoms with Gasteiger partial charge in [0.2, 0.25) is 0 Å². The van der Waals surface area contributed by atoms with E-state index in [1.807, 2.05) is 6.92 Å². The molecular weight excluding hydrogens is 968 g/mol. The second kappa shape index (κ2) is 33.3. The molecule has 2 aliphatic rings. The van der Waals surface area contributed by atoms with Crippen molar-refractivity contribution in [2.75, 3.05) is 25.6 Å². The smallest absolute Gasteiger partial charge is 0.462 e. The molecular formula is C48H85N3O18P2. The van der Waals surface area contributed by atoms with Crippen molar-refractivity contribution in [2.45, 2.75) is 217 Å². The molecule has 3 heterocycles. The van der Waals surface area contributed by atoms with E-state index in [-0.39, 0.29) is 25.1 Å². The summed E-state index contributed by atoms with van der Waals surface area (Å²) in [5.41, 5.74) is 4.81. The number of cyclic esters (lactones) is 1. The summed E-state index contributed by atoms with van der Waals surface area (Å²) < 4.78 is 59.2. The van der Waals surface area contributed by atoms with Crippen molar-refractivity contribution >= 4 is 33.4 Å². The maximum absolute atomic E-state index is 13.4. The number of anilines is 1. The Kier molecular flexibility index (Phi) is 29.4. The quantitative estimate of drug-likeness (QED) is 0.0275. The summed E-state index contributed by atoms with van der Waals surface area (Å²) in [7, 11) is -11.3. The Balaban J connectivity index is 1.83. The number of phosphoric ester groups is 2. The lowest BCUT2D eigenvalue weighted by Gasteiger charge is -2.41. The fourth-order valence-corrected chi connectivity index (χ4v) is 10.9. The molecule has 0 aliphatic carbocycles. The number of hydrogen-bond donors (Lipinski definition) is 8. The first-order valence-electron chi connectivity index (χ1n) is 25.8. The topological polar surface area (TPSA) is 326 Å². The lowest BCUT2D eigenvalue weighted by atomic mass is 9.82. The first-order valence-corrected chi connectivity index (χ1v) is 28.8. The summed E-state index contributed by atoms with van der Waals surface area (Å²) in [6.45, 7) is 3.80. The summed E-state index contributed by atoms with van der Waals surface area (Å²) in [6.07, 6.45) is 6.64. The number of nitrogens with zero attached hydrogens (tertiary/aromatic N) is 2. The van der Waals surface area contributed by atoms with Crippen LogP contribution >= 0.6 is 15.6 Å². The van der Waals surface area contributed by atoms with E-state index in [4.69, 9.17) is 29.0 Å². The highest BCUT2D eigenvalue weighted by Crippen LogP contribution is 2.60. The van der Waals surface area contributed by atoms with Gasteiger partial charge in [0.05, 0.1) is 37.6 Å². The number of ether oxygens (including phenoxy) is 3. The Bertz CT molecular complexity index is 1870. The van der Waals surface area contributed by atoms with E-state index in [0.717, 1.165) is 55.4 Å². The third-order valence-electron chi connectivity index (χ3n) is 12.9. The molecule has 2 bridgehead atoms. The van der Waals surface area contributed by atoms with Gasteiger partial charge in [-0.25, -0.2) is 13.9 Å². The molecule has 3 rings (SSSR count). The molecule has 0 aromatic carbocycles. The average Bonchev–Trinajstić information content (AvgIpc) is 3.29. The minimum Gasteiger partial charge on any atom is -0.462 e. The van der Waals surface area contributed by atoms with Crippen LogP contribution in [-0.2, 0) is 46.3 Å². The second-order valence-corrected chi connectivity index (χ2v) is 22.5. The molecule has 2 fully saturated rings. The molecule has 2 saturated heterocycles. The second-order valence-electron chi connectivity index (χ2n) is 19.5. The van der Waals surface area contributed by atoms with Crippen LogP contribution in [0.5, 0.6) is 0 Å². The molecule has 2 aliphatic heterocycles. The van der Waals surface area contributed by atoms with Gasteiger partial charge >= 0.3 is 33.3 Å². The van der Waals surface area contributed by atoms with Crippen LogP contribution in [0, 0.1) is 17.8 Å². The minimum atomic E-state index is -5.69. The number of esters is 2. The molecule has 2 unspecified atom stereocenters. The van der Waals surface area contributed by atoms with E-state index >= 15 is 0 Å². The zero-order valence-corrected chi connectivity index (χ0v) is 43.8. The van der Waals surface area contributed by atoms with Crippen LogP contribution in [0.4, 0.5) is 5.82 Å². The number of phosphoric acid groups is 2. The lowest BCUT2D eigenvalue weighted by Crippen LogP contribution is -2.52. The van der Waals surface area contributed by atoms with Gasteiger partial charge < -0.3 is 55.3 Å². The zero-order chi connectivity index (χ0) is 52.4. The fourth-order valence-electron chi connectivity index (χ4n) is 8.75. The predicted octanol–water partition coefficient (Wildman–Crippen LogP) is 6.68. The highest BCUT2D eigenvalue weighted by atomic mass is 31.3. The van der Waals surface area contributed by atoms with Crippen LogP contribution < -0.4 is 11.4 Å². The minimum absolute atomic E-state index is 0.0102. The third-order valence-corrected chi connectivity index (χ3v) is 15.5. The number of aliphatic hydroxyl groups is 5. The van der Waals surface area contributed by atoms with E-state index in [0.29, 0.717) is 44.9 Å². The van der Waals surface area contributed by atoms with Crippen molar-refractivity contribution in [1.82, 2.24) is 9.55 Å². The average molecular weight is 1050 g/mol. The number of hydrogen-bond acceptors (Lipinski definition) is 18. The van der Waals surface area contributed by atoms with Gasteiger partial charge in [0.25, 0.3) is 0 Å². The molecule has 1 aromatic rings. The zero-order valence-electron chi connectivity index (χ0n) is 42.0. The highest BCUT2D eigenvalue weighted by molar-refractivity contribution is 7.61. The molecule has 1 aromatic heterocycles. The lowest BCUT2D eigenvalue weighted by molar-refractivity contribution is -0.195. The van der Waals surface area contributed by atoms with Crippen molar-refractivity contribution in [1.29, 1.82) is 0 Å². The van der Waals surface area contributed by atoms with Crippen LogP contribution in [0.1, 0.15) is 175 Å². The van der Waals surface area contributed by atoms with Crippen LogP contribution in [0.15, 0.2) is 29.2 Å². The molecule has 23 heteroatoms. The summed E-state index contributed by atoms with van der Waals surface area (Å²) in [4.78, 5) is 64.2. The molecule has 12 atom stereocenters. The Labute approximate surface area is 419 Å². The monoisotopic (exact) mass is 1050 g/mol. The number of carbonyl (C=O) groups is 2. The third kappa shape index (κ3) is 25.0. The SMILES string of the molecule is CCCCC[C@H](O)/C=C/[C@@H]1[C@H](O)[C@H](O)[C@H]2COP(=O)(O)OP(=O)(O)OC[C@H](OC(=O)CCCCCCCCCCCCC(C)C)COC(=O)CCCCCC[C@H]([C@H](n3ccc(N)nc3=O)O2)[C@@H](O)C[C@H]1O. The Morgan fingerprint density at radius 3 is 2.11 bits per heavy atom. The number of aliphatic hydroxyl groups excluding tert-OH is 5. The fraction of sp³-hybridized carbons (Fsp3) is 0.833. The normalized spacial score (nSPS) is 30.9. The maximum atomic E-state index is 13.4. The van der Waals surface area contributed by atoms with Crippen LogP contribution in [0.2, 0.25) is 0 Å². The molecule has 9 N–H and O–H groups in total. The molecule has 71 heavy (non-hydrogen) atoms. The Hall–Kier alpha value is -2.62. The Morgan fingerprint density at radius 2 is 1.46 bits per heavy atom. The van der Waals surface area contributed by atoms with Crippen molar-refractivity contribution in [3.63, 3.8) is 0 Å². The van der Waals surface area contributed by atoms with E-state index in [1.165, 1.54) is 56.5 Å². The molecule has 0 spiro atoms. The first-order chi connectivity index (χ1) is 33.7. The van der Waals surface area contributed by atoms with Gasteiger partial charge in [0.15, 0.2) is 6.10 Å². The predicted molar refractivity (Wildman–Crippen MR) is 263 cm³/mol. The van der Waals surface area contributed by atoms with Gasteiger partial charge in [-0.05, 0) is 37.7 Å². The largest absolute Gasteiger partial charge is 0.481 e. The van der Waals surface area contributed by atoms with E-state index < -0.39 is 120 Å². The van der Waals surface area contributed by atoms with Gasteiger partial charge in [-0.2, -0.15) is 9.29 Å². The Morgan fingerprint density at radius 1 is 0.845 bits per heavy atom. The number of carbonyl (C=O) groups excluding carboxylic acids is 2. The van der Waals surface area contributed by atoms with E-state index in [2.05, 4.69) is 23.1 Å². The van der Waals surface area contributed by atoms with Crippen molar-refractivity contribution in [2.24, 2.45) is 17.8 Å². The molecule has 410 valence electrons. The maximum Gasteiger partial charge on any atom is 0.481 e. The van der Waals surface area contributed by atoms with Gasteiger partial charge in [-0.15, -0.1) is 0 Å². The summed E-state index contributed by atoms with van der Waals surface area (Å²) in [6, 6.07) is 1.26. The molecule has 0 saturated carbocycles. The van der Waals surface area contributed by atoms with Crippen molar-refractivity contribution in [3.8, 4) is 0 Å². The van der Waals surface area contributed by atoms with E-state index in [9.17, 15) is 58.8 Å². The molecule has 21 nitrogen and oxygen atoms in total. The van der Waals surface area contributed by atoms with Crippen LogP contribution in [-0.4, -0.2) is 119 Å². The number of rotatable bonds is 21. The molecule has 0 radical (unpaired) electrons. The van der Waals surface area contributed by atoms with Gasteiger partial charge in [0, 0.05) is 37.3 Å². The van der Waals surface area contributed by atoms with Crippen LogP contribution in [0.3, 0.4) is 0 Å². The number of nitrogens with two attached hydrogens (primary N) is 1. The van der Waals surface area contributed by atoms with Gasteiger partial charge in [0.1, 0.15) is 30.9 Å². The molecule has 0 amide bonds. The summed E-state index contributed by atoms with van der Waals surface area (Å²) >= 11 is 0.